The molecule has 2 fully saturated rings. The molecule has 0 aliphatic carbocycles. The number of carbonyl (C=O) groups is 1. The van der Waals surface area contributed by atoms with Gasteiger partial charge in [0.25, 0.3) is 0 Å². The van der Waals surface area contributed by atoms with Crippen molar-refractivity contribution in [1.29, 1.82) is 0 Å². The number of amides is 1. The fourth-order valence-corrected chi connectivity index (χ4v) is 10.8. The van der Waals surface area contributed by atoms with Crippen molar-refractivity contribution < 1.29 is 64.6 Å². The molecule has 12 unspecified atom stereocenters. The maximum Gasteiger partial charge on any atom is 0.220 e. The number of ether oxygens (including phenoxy) is 4. The number of hydrogen-bond acceptors (Lipinski definition) is 13. The molecule has 0 aromatic carbocycles. The molecule has 0 spiro atoms. The fraction of sp³-hybridized carbons (Fsp3) is 0.892. The molecule has 464 valence electrons. The van der Waals surface area contributed by atoms with Gasteiger partial charge in [-0.15, -0.1) is 0 Å². The predicted octanol–water partition coefficient (Wildman–Crippen LogP) is 12.2. The van der Waals surface area contributed by atoms with E-state index in [2.05, 4.69) is 43.5 Å². The first kappa shape index (κ1) is 73.3. The minimum Gasteiger partial charge on any atom is -0.394 e. The highest BCUT2D eigenvalue weighted by Gasteiger charge is 2.51. The first-order valence-electron chi connectivity index (χ1n) is 32.7. The minimum atomic E-state index is -1.79. The molecule has 79 heavy (non-hydrogen) atoms. The van der Waals surface area contributed by atoms with Crippen LogP contribution in [0.15, 0.2) is 36.5 Å². The molecule has 0 bridgehead atoms. The number of rotatable bonds is 53. The van der Waals surface area contributed by atoms with Gasteiger partial charge in [-0.1, -0.05) is 249 Å². The van der Waals surface area contributed by atoms with Crippen molar-refractivity contribution in [3.63, 3.8) is 0 Å². The lowest BCUT2D eigenvalue weighted by Crippen LogP contribution is -2.65. The van der Waals surface area contributed by atoms with Gasteiger partial charge in [0.1, 0.15) is 48.8 Å². The molecule has 0 radical (unpaired) electrons. The van der Waals surface area contributed by atoms with E-state index in [1.54, 1.807) is 6.08 Å². The van der Waals surface area contributed by atoms with E-state index in [-0.39, 0.29) is 18.9 Å². The van der Waals surface area contributed by atoms with E-state index in [1.807, 2.05) is 6.08 Å². The van der Waals surface area contributed by atoms with E-state index in [4.69, 9.17) is 18.9 Å². The van der Waals surface area contributed by atoms with Crippen LogP contribution in [-0.2, 0) is 23.7 Å². The number of nitrogens with one attached hydrogen (secondary N) is 1. The number of unbranched alkanes of at least 4 members (excludes halogenated alkanes) is 36. The van der Waals surface area contributed by atoms with Crippen LogP contribution in [0.4, 0.5) is 0 Å². The summed E-state index contributed by atoms with van der Waals surface area (Å²) in [4.78, 5) is 13.3. The molecule has 0 saturated carbocycles. The molecule has 2 heterocycles. The second kappa shape index (κ2) is 50.7. The van der Waals surface area contributed by atoms with Crippen molar-refractivity contribution in [2.24, 2.45) is 0 Å². The number of aliphatic hydroxyl groups is 8. The summed E-state index contributed by atoms with van der Waals surface area (Å²) < 4.78 is 22.8. The average molecular weight is 1120 g/mol. The zero-order valence-electron chi connectivity index (χ0n) is 50.1. The Bertz CT molecular complexity index is 1460. The highest BCUT2D eigenvalue weighted by Crippen LogP contribution is 2.30. The maximum atomic E-state index is 13.3. The molecular weight excluding hydrogens is 1000 g/mol. The monoisotopic (exact) mass is 1120 g/mol. The Labute approximate surface area is 481 Å². The van der Waals surface area contributed by atoms with Crippen molar-refractivity contribution in [3.05, 3.63) is 36.5 Å². The quantitative estimate of drug-likeness (QED) is 0.0204. The van der Waals surface area contributed by atoms with E-state index in [0.29, 0.717) is 12.8 Å². The number of aliphatic hydroxyl groups excluding tert-OH is 8. The van der Waals surface area contributed by atoms with E-state index in [1.165, 1.54) is 193 Å². The van der Waals surface area contributed by atoms with E-state index in [0.717, 1.165) is 51.4 Å². The van der Waals surface area contributed by atoms with Gasteiger partial charge >= 0.3 is 0 Å². The van der Waals surface area contributed by atoms with Crippen molar-refractivity contribution in [1.82, 2.24) is 5.32 Å². The molecule has 9 N–H and O–H groups in total. The van der Waals surface area contributed by atoms with Crippen LogP contribution in [0.3, 0.4) is 0 Å². The standard InChI is InChI=1S/C65H121NO13/c1-3-5-7-9-11-13-15-17-19-21-22-23-24-25-26-27-28-29-30-31-32-33-34-36-38-40-42-44-46-48-54(69)53(66-57(70)49-47-45-43-41-39-37-35-20-18-16-14-12-10-8-6-4-2)52-76-64-62(75)60(73)63(56(51-68)78-64)79-65-61(74)59(72)58(71)55(50-67)77-65/h20,35,38,40,46,48,53-56,58-65,67-69,71-75H,3-19,21-34,36-37,39,41-45,47,49-52H2,1-2H3,(H,66,70)/b35-20-,40-38+,48-46+. The summed E-state index contributed by atoms with van der Waals surface area (Å²) in [5, 5.41) is 87.2. The van der Waals surface area contributed by atoms with E-state index >= 15 is 0 Å². The lowest BCUT2D eigenvalue weighted by atomic mass is 9.97. The van der Waals surface area contributed by atoms with Gasteiger partial charge in [0, 0.05) is 6.42 Å². The van der Waals surface area contributed by atoms with Gasteiger partial charge in [0.15, 0.2) is 12.6 Å². The highest BCUT2D eigenvalue weighted by molar-refractivity contribution is 5.76. The Morgan fingerprint density at radius 3 is 1.24 bits per heavy atom. The molecular formula is C65H121NO13. The molecule has 0 aromatic heterocycles. The topological polar surface area (TPSA) is 228 Å². The summed E-state index contributed by atoms with van der Waals surface area (Å²) in [6.07, 6.45) is 46.3. The third-order valence-corrected chi connectivity index (χ3v) is 16.0. The molecule has 2 aliphatic heterocycles. The molecule has 2 aliphatic rings. The number of carbonyl (C=O) groups excluding carboxylic acids is 1. The summed E-state index contributed by atoms with van der Waals surface area (Å²) in [6.45, 7) is 2.80. The van der Waals surface area contributed by atoms with Crippen LogP contribution in [0, 0.1) is 0 Å². The average Bonchev–Trinajstić information content (AvgIpc) is 3.48. The summed E-state index contributed by atoms with van der Waals surface area (Å²) in [5.74, 6) is -0.255. The first-order chi connectivity index (χ1) is 38.6. The Hall–Kier alpha value is -1.79. The second-order valence-electron chi connectivity index (χ2n) is 23.2. The largest absolute Gasteiger partial charge is 0.394 e. The zero-order chi connectivity index (χ0) is 57.4. The Morgan fingerprint density at radius 1 is 0.443 bits per heavy atom. The van der Waals surface area contributed by atoms with Crippen LogP contribution in [0.2, 0.25) is 0 Å². The van der Waals surface area contributed by atoms with Gasteiger partial charge < -0.3 is 65.1 Å². The SMILES string of the molecule is CCCCCCCCC/C=C\CCCCCCCC(=O)NC(COC1OC(CO)C(OC2OC(CO)C(O)C(O)C2O)C(O)C1O)C(O)/C=C/CC/C=C/CCCCCCCCCCCCCCCCCCCCCCCCC. The number of hydrogen-bond donors (Lipinski definition) is 9. The molecule has 2 saturated heterocycles. The smallest absolute Gasteiger partial charge is 0.220 e. The molecule has 12 atom stereocenters. The summed E-state index contributed by atoms with van der Waals surface area (Å²) in [6, 6.07) is -0.936. The predicted molar refractivity (Wildman–Crippen MR) is 318 cm³/mol. The molecule has 0 aromatic rings. The van der Waals surface area contributed by atoms with Crippen LogP contribution in [0.5, 0.6) is 0 Å². The molecule has 14 nitrogen and oxygen atoms in total. The maximum absolute atomic E-state index is 13.3. The van der Waals surface area contributed by atoms with E-state index in [9.17, 15) is 45.6 Å². The van der Waals surface area contributed by atoms with Crippen LogP contribution in [0.1, 0.15) is 277 Å². The fourth-order valence-electron chi connectivity index (χ4n) is 10.8. The third kappa shape index (κ3) is 35.8. The molecule has 2 rings (SSSR count). The normalized spacial score (nSPS) is 24.6. The second-order valence-corrected chi connectivity index (χ2v) is 23.2. The van der Waals surface area contributed by atoms with Crippen LogP contribution >= 0.6 is 0 Å². The van der Waals surface area contributed by atoms with Crippen molar-refractivity contribution in [2.45, 2.75) is 351 Å². The third-order valence-electron chi connectivity index (χ3n) is 16.0. The first-order valence-corrected chi connectivity index (χ1v) is 32.7. The molecule has 1 amide bonds. The van der Waals surface area contributed by atoms with Gasteiger partial charge in [0.05, 0.1) is 32.0 Å². The summed E-state index contributed by atoms with van der Waals surface area (Å²) >= 11 is 0. The Balaban J connectivity index is 1.71. The minimum absolute atomic E-state index is 0.255. The van der Waals surface area contributed by atoms with E-state index < -0.39 is 86.8 Å². The lowest BCUT2D eigenvalue weighted by Gasteiger charge is -2.46. The van der Waals surface area contributed by atoms with Crippen LogP contribution < -0.4 is 5.32 Å². The van der Waals surface area contributed by atoms with Crippen LogP contribution in [-0.4, -0.2) is 140 Å². The lowest BCUT2D eigenvalue weighted by molar-refractivity contribution is -0.359. The molecule has 14 heteroatoms. The van der Waals surface area contributed by atoms with Gasteiger partial charge in [0.2, 0.25) is 5.91 Å². The van der Waals surface area contributed by atoms with Gasteiger partial charge in [-0.2, -0.15) is 0 Å². The van der Waals surface area contributed by atoms with Gasteiger partial charge in [-0.3, -0.25) is 4.79 Å². The van der Waals surface area contributed by atoms with Crippen molar-refractivity contribution >= 4 is 5.91 Å². The zero-order valence-corrected chi connectivity index (χ0v) is 50.1. The van der Waals surface area contributed by atoms with Crippen molar-refractivity contribution in [2.75, 3.05) is 19.8 Å². The Morgan fingerprint density at radius 2 is 0.810 bits per heavy atom. The van der Waals surface area contributed by atoms with Crippen molar-refractivity contribution in [3.8, 4) is 0 Å². The summed E-state index contributed by atoms with van der Waals surface area (Å²) in [7, 11) is 0. The Kier molecular flexibility index (Phi) is 47.0. The van der Waals surface area contributed by atoms with Gasteiger partial charge in [-0.05, 0) is 57.8 Å². The highest BCUT2D eigenvalue weighted by atomic mass is 16.7. The van der Waals surface area contributed by atoms with Crippen LogP contribution in [0.25, 0.3) is 0 Å². The summed E-state index contributed by atoms with van der Waals surface area (Å²) in [5.41, 5.74) is 0. The van der Waals surface area contributed by atoms with Gasteiger partial charge in [-0.25, -0.2) is 0 Å². The number of allylic oxidation sites excluding steroid dienone is 5.